The van der Waals surface area contributed by atoms with Crippen LogP contribution in [0.15, 0.2) is 147 Å². The number of hydrogen-bond donors (Lipinski definition) is 7. The number of fused-ring (bicyclic) bond motifs is 2. The van der Waals surface area contributed by atoms with Crippen molar-refractivity contribution in [1.29, 1.82) is 0 Å². The second-order valence-electron chi connectivity index (χ2n) is 25.4. The summed E-state index contributed by atoms with van der Waals surface area (Å²) >= 11 is 0. The van der Waals surface area contributed by atoms with E-state index in [-0.39, 0.29) is 43.2 Å². The van der Waals surface area contributed by atoms with Crippen LogP contribution in [-0.4, -0.2) is 149 Å². The number of nitrogens with one attached hydrogen (secondary N) is 6. The minimum Gasteiger partial charge on any atom is -0.472 e. The molecule has 0 bridgehead atoms. The maximum atomic E-state index is 14.2. The molecule has 10 atom stereocenters. The lowest BCUT2D eigenvalue weighted by Crippen LogP contribution is -2.60. The van der Waals surface area contributed by atoms with Crippen molar-refractivity contribution in [2.24, 2.45) is 11.8 Å². The van der Waals surface area contributed by atoms with Gasteiger partial charge in [-0.25, -0.2) is 31.6 Å². The molecule has 0 spiro atoms. The second kappa shape index (κ2) is 28.0. The number of aliphatic hydroxyl groups excluding tert-OH is 1. The predicted octanol–water partition coefficient (Wildman–Crippen LogP) is 7.25. The van der Waals surface area contributed by atoms with Crippen LogP contribution in [0.1, 0.15) is 79.1 Å². The summed E-state index contributed by atoms with van der Waals surface area (Å²) in [6, 6.07) is 35.4. The number of rotatable bonds is 21. The zero-order valence-electron chi connectivity index (χ0n) is 52.1. The number of hydrogen-bond acceptors (Lipinski definition) is 17. The quantitative estimate of drug-likeness (QED) is 0.0349. The Kier molecular flexibility index (Phi) is 20.5. The zero-order chi connectivity index (χ0) is 67.5. The van der Waals surface area contributed by atoms with Gasteiger partial charge in [0, 0.05) is 74.8 Å². The van der Waals surface area contributed by atoms with Crippen molar-refractivity contribution in [2.45, 2.75) is 143 Å². The molecule has 27 heteroatoms. The van der Waals surface area contributed by atoms with Gasteiger partial charge in [0.1, 0.15) is 41.0 Å². The lowest BCUT2D eigenvalue weighted by atomic mass is 10.1. The number of halogens is 2. The summed E-state index contributed by atoms with van der Waals surface area (Å²) in [6.07, 6.45) is 2.26. The zero-order valence-corrected chi connectivity index (χ0v) is 55.3. The summed E-state index contributed by atoms with van der Waals surface area (Å²) < 4.78 is 72.5. The fraction of sp³-hybridized carbons (Fsp3) is 0.403. The smallest absolute Gasteiger partial charge is 0.408 e. The Balaban J connectivity index is 0.000000208. The Bertz CT molecular complexity index is 4120. The first kappa shape index (κ1) is 68.7. The number of nitrogens with zero attached hydrogens (tertiary/aromatic N) is 3. The highest BCUT2D eigenvalue weighted by Crippen LogP contribution is 2.47. The highest BCUT2D eigenvalue weighted by atomic mass is 36.5. The van der Waals surface area contributed by atoms with Crippen LogP contribution in [0.4, 0.5) is 4.79 Å². The van der Waals surface area contributed by atoms with Gasteiger partial charge in [0.15, 0.2) is 0 Å². The number of carbonyl (C=O) groups excluding carboxylic acids is 6. The van der Waals surface area contributed by atoms with E-state index in [1.165, 1.54) is 17.9 Å². The standard InChI is InChI=1S/C38H45N5O9S.C29H30N4O5S.Cl2/c1-6-25-20-38(25,35(47)42-53(49,50)27-16-17-27)41-32(45)30-19-26(21-43(30)34(46)31(22(2)44)40-36(48)52-37(3,4)5)51-33-28-15-11-10-14-24(28)18-29(39-33)23-12-8-7-9-13-23;1-2-20-16-29(20,28(35)33-39(36,37)22-12-13-22)32-26(34)25-15-21(17-30-25)38-27-23-11-7-6-10-19(23)14-24(31-27)18-8-4-3-5-9-18;1-2/h6-15,18,22,25-27,30-31,44H,1,16-17,19-21H2,2-5H3,(H,40,48)(H,41,45)(H,42,47);2-11,14,20-22,25,30H,1,12-13,15-17H2,(H,32,34)(H,33,35);/t22-,25+,26+,30-,31-,38+;20-,21-,25+,29-;/m01./s1. The van der Waals surface area contributed by atoms with Gasteiger partial charge >= 0.3 is 6.09 Å². The molecule has 2 saturated heterocycles. The molecule has 6 aliphatic rings. The number of sulfonamides is 2. The fourth-order valence-corrected chi connectivity index (χ4v) is 14.5. The third kappa shape index (κ3) is 15.6. The molecule has 4 aliphatic carbocycles. The van der Waals surface area contributed by atoms with Crippen LogP contribution in [0.5, 0.6) is 11.8 Å². The van der Waals surface area contributed by atoms with Gasteiger partial charge in [-0.15, -0.1) is 13.2 Å². The molecule has 498 valence electrons. The van der Waals surface area contributed by atoms with Gasteiger partial charge in [-0.05, 0) is 101 Å². The Labute approximate surface area is 554 Å². The van der Waals surface area contributed by atoms with E-state index >= 15 is 0 Å². The van der Waals surface area contributed by atoms with Crippen molar-refractivity contribution in [3.63, 3.8) is 0 Å². The SMILES string of the molecule is C=C[C@@H]1C[C@]1(NC(=O)[C@@H]1C[C@@H](Oc2nc(-c3ccccc3)cc3ccccc23)CN1)C(=O)NS(=O)(=O)C1CC1.C=C[C@@H]1C[C@]1(NC(=O)[C@@H]1C[C@@H](Oc2nc(-c3ccccc3)cc3ccccc23)CN1C(=O)[C@@H](NC(=O)OC(C)(C)C)[C@H](C)O)C(=O)NS(=O)(=O)C1CC1.ClCl. The van der Waals surface area contributed by atoms with Crippen LogP contribution >= 0.6 is 21.7 Å². The van der Waals surface area contributed by atoms with Crippen LogP contribution < -0.4 is 40.2 Å². The molecule has 0 unspecified atom stereocenters. The van der Waals surface area contributed by atoms with E-state index < -0.39 is 113 Å². The summed E-state index contributed by atoms with van der Waals surface area (Å²) in [5.41, 5.74) is -0.536. The van der Waals surface area contributed by atoms with E-state index in [1.807, 2.05) is 121 Å². The van der Waals surface area contributed by atoms with E-state index in [2.05, 4.69) is 65.6 Å². The van der Waals surface area contributed by atoms with Crippen LogP contribution in [0.25, 0.3) is 44.1 Å². The number of ether oxygens (including phenoxy) is 3. The third-order valence-electron chi connectivity index (χ3n) is 17.3. The number of benzene rings is 4. The molecule has 23 nitrogen and oxygen atoms in total. The number of likely N-dealkylation sites (tertiary alicyclic amines) is 1. The predicted molar refractivity (Wildman–Crippen MR) is 355 cm³/mol. The Morgan fingerprint density at radius 1 is 0.670 bits per heavy atom. The summed E-state index contributed by atoms with van der Waals surface area (Å²) in [6.45, 7) is 14.0. The number of aromatic nitrogens is 2. The maximum absolute atomic E-state index is 14.2. The second-order valence-corrected chi connectivity index (χ2v) is 29.4. The fourth-order valence-electron chi connectivity index (χ4n) is 11.8. The highest BCUT2D eigenvalue weighted by Gasteiger charge is 2.63. The van der Waals surface area contributed by atoms with Crippen LogP contribution in [0.3, 0.4) is 0 Å². The Hall–Kier alpha value is -8.20. The van der Waals surface area contributed by atoms with E-state index in [0.29, 0.717) is 62.0 Å². The van der Waals surface area contributed by atoms with Gasteiger partial charge in [0.05, 0.1) is 40.6 Å². The van der Waals surface area contributed by atoms with Crippen molar-refractivity contribution in [1.82, 2.24) is 45.6 Å². The highest BCUT2D eigenvalue weighted by molar-refractivity contribution is 7.91. The maximum Gasteiger partial charge on any atom is 0.408 e. The van der Waals surface area contributed by atoms with Crippen LogP contribution in [-0.2, 0) is 48.8 Å². The molecule has 4 aromatic carbocycles. The molecule has 6 amide bonds. The summed E-state index contributed by atoms with van der Waals surface area (Å²) in [5, 5.41) is 24.1. The van der Waals surface area contributed by atoms with Crippen molar-refractivity contribution < 1.29 is 64.9 Å². The van der Waals surface area contributed by atoms with E-state index in [9.17, 15) is 50.7 Å². The molecule has 12 rings (SSSR count). The normalized spacial score (nSPS) is 24.3. The van der Waals surface area contributed by atoms with Gasteiger partial charge in [0.2, 0.25) is 49.5 Å². The minimum absolute atomic E-state index is 0.0566. The Morgan fingerprint density at radius 3 is 1.55 bits per heavy atom. The van der Waals surface area contributed by atoms with Crippen molar-refractivity contribution >= 4 is 98.9 Å². The lowest BCUT2D eigenvalue weighted by molar-refractivity contribution is -0.142. The van der Waals surface area contributed by atoms with Crippen molar-refractivity contribution in [3.05, 3.63) is 147 Å². The number of pyridine rings is 2. The molecule has 6 fully saturated rings. The molecule has 94 heavy (non-hydrogen) atoms. The largest absolute Gasteiger partial charge is 0.472 e. The molecule has 4 heterocycles. The first-order valence-corrected chi connectivity index (χ1v) is 35.1. The first-order chi connectivity index (χ1) is 44.8. The van der Waals surface area contributed by atoms with Gasteiger partial charge in [-0.3, -0.25) is 33.4 Å². The average molecular weight is 1370 g/mol. The molecule has 7 N–H and O–H groups in total. The summed E-state index contributed by atoms with van der Waals surface area (Å²) in [7, 11) is 0.566. The monoisotopic (exact) mass is 1360 g/mol. The van der Waals surface area contributed by atoms with Gasteiger partial charge < -0.3 is 45.5 Å². The topological polar surface area (TPSA) is 320 Å². The van der Waals surface area contributed by atoms with Crippen LogP contribution in [0, 0.1) is 11.8 Å². The molecule has 0 radical (unpaired) electrons. The summed E-state index contributed by atoms with van der Waals surface area (Å²) in [4.78, 5) is 91.7. The number of aliphatic hydroxyl groups is 1. The number of amides is 6. The third-order valence-corrected chi connectivity index (χ3v) is 20.9. The van der Waals surface area contributed by atoms with Gasteiger partial charge in [0.25, 0.3) is 11.8 Å². The molecular formula is C67H75Cl2N9O14S2. The molecule has 2 aromatic heterocycles. The molecule has 2 aliphatic heterocycles. The van der Waals surface area contributed by atoms with Gasteiger partial charge in [-0.2, -0.15) is 0 Å². The van der Waals surface area contributed by atoms with E-state index in [1.54, 1.807) is 26.8 Å². The van der Waals surface area contributed by atoms with E-state index in [0.717, 1.165) is 33.0 Å². The minimum atomic E-state index is -3.93. The molecule has 4 saturated carbocycles. The first-order valence-electron chi connectivity index (χ1n) is 30.9. The van der Waals surface area contributed by atoms with Crippen LogP contribution in [0.2, 0.25) is 0 Å². The van der Waals surface area contributed by atoms with Crippen molar-refractivity contribution in [3.8, 4) is 34.3 Å². The molecular weight excluding hydrogens is 1290 g/mol. The lowest BCUT2D eigenvalue weighted by Gasteiger charge is -2.31. The summed E-state index contributed by atoms with van der Waals surface area (Å²) in [5.74, 6) is -3.62. The number of carbonyl (C=O) groups is 6. The average Bonchev–Trinajstić information content (AvgIpc) is 1.58. The van der Waals surface area contributed by atoms with Gasteiger partial charge in [-0.1, -0.05) is 109 Å². The number of alkyl carbamates (subject to hydrolysis) is 1. The van der Waals surface area contributed by atoms with E-state index in [4.69, 9.17) is 24.2 Å². The van der Waals surface area contributed by atoms with Crippen molar-refractivity contribution in [2.75, 3.05) is 13.1 Å². The molecule has 6 aromatic rings. The Morgan fingerprint density at radius 2 is 1.12 bits per heavy atom.